The van der Waals surface area contributed by atoms with Gasteiger partial charge in [-0.05, 0) is 71.9 Å². The van der Waals surface area contributed by atoms with E-state index in [9.17, 15) is 0 Å². The molecule has 4 nitrogen and oxygen atoms in total. The fraction of sp³-hybridized carbons (Fsp3) is 1.00. The van der Waals surface area contributed by atoms with Crippen LogP contribution in [0.3, 0.4) is 0 Å². The summed E-state index contributed by atoms with van der Waals surface area (Å²) in [5.74, 6) is 0.960. The van der Waals surface area contributed by atoms with E-state index in [0.717, 1.165) is 12.0 Å². The van der Waals surface area contributed by atoms with Crippen molar-refractivity contribution in [2.75, 3.05) is 73.0 Å². The number of hydrogen-bond acceptors (Lipinski definition) is 4. The molecule has 0 radical (unpaired) electrons. The van der Waals surface area contributed by atoms with Crippen LogP contribution in [0, 0.1) is 5.92 Å². The number of piperidine rings is 1. The zero-order chi connectivity index (χ0) is 14.7. The standard InChI is InChI=1S/C17H34N4/c1-18-8-5-17(6-9-18)21-13-11-20(12-14-21)10-4-16-3-7-19(2)15-16/h16-17H,3-15H2,1-2H3. The van der Waals surface area contributed by atoms with Gasteiger partial charge in [-0.15, -0.1) is 0 Å². The molecule has 3 fully saturated rings. The third kappa shape index (κ3) is 4.41. The summed E-state index contributed by atoms with van der Waals surface area (Å²) in [5.41, 5.74) is 0. The SMILES string of the molecule is CN1CCC(N2CCN(CCC3CCN(C)C3)CC2)CC1. The van der Waals surface area contributed by atoms with E-state index in [2.05, 4.69) is 33.7 Å². The summed E-state index contributed by atoms with van der Waals surface area (Å²) < 4.78 is 0. The van der Waals surface area contributed by atoms with Crippen LogP contribution in [0.25, 0.3) is 0 Å². The Morgan fingerprint density at radius 3 is 2.05 bits per heavy atom. The molecule has 1 unspecified atom stereocenters. The fourth-order valence-corrected chi connectivity index (χ4v) is 4.34. The van der Waals surface area contributed by atoms with Gasteiger partial charge in [-0.1, -0.05) is 0 Å². The van der Waals surface area contributed by atoms with Crippen molar-refractivity contribution in [1.29, 1.82) is 0 Å². The van der Waals surface area contributed by atoms with E-state index in [1.54, 1.807) is 0 Å². The van der Waals surface area contributed by atoms with Crippen molar-refractivity contribution in [1.82, 2.24) is 19.6 Å². The summed E-state index contributed by atoms with van der Waals surface area (Å²) in [4.78, 5) is 10.4. The van der Waals surface area contributed by atoms with Crippen molar-refractivity contribution in [3.05, 3.63) is 0 Å². The molecule has 1 atom stereocenters. The molecule has 0 aromatic heterocycles. The lowest BCUT2D eigenvalue weighted by Crippen LogP contribution is -2.53. The van der Waals surface area contributed by atoms with Crippen molar-refractivity contribution in [2.45, 2.75) is 31.7 Å². The van der Waals surface area contributed by atoms with Crippen LogP contribution < -0.4 is 0 Å². The minimum absolute atomic E-state index is 0.867. The van der Waals surface area contributed by atoms with Crippen molar-refractivity contribution in [2.24, 2.45) is 5.92 Å². The van der Waals surface area contributed by atoms with E-state index in [1.807, 2.05) is 0 Å². The van der Waals surface area contributed by atoms with Gasteiger partial charge in [0.05, 0.1) is 0 Å². The maximum Gasteiger partial charge on any atom is 0.0121 e. The molecule has 0 bridgehead atoms. The molecular formula is C17H34N4. The molecule has 0 aromatic rings. The third-order valence-electron chi connectivity index (χ3n) is 5.95. The summed E-state index contributed by atoms with van der Waals surface area (Å²) >= 11 is 0. The van der Waals surface area contributed by atoms with Crippen molar-refractivity contribution in [3.63, 3.8) is 0 Å². The predicted octanol–water partition coefficient (Wildman–Crippen LogP) is 1.04. The molecule has 4 heteroatoms. The number of rotatable bonds is 4. The Morgan fingerprint density at radius 2 is 1.43 bits per heavy atom. The highest BCUT2D eigenvalue weighted by Gasteiger charge is 2.27. The quantitative estimate of drug-likeness (QED) is 0.768. The van der Waals surface area contributed by atoms with Crippen molar-refractivity contribution >= 4 is 0 Å². The van der Waals surface area contributed by atoms with E-state index < -0.39 is 0 Å². The van der Waals surface area contributed by atoms with Crippen LogP contribution in [0.15, 0.2) is 0 Å². The summed E-state index contributed by atoms with van der Waals surface area (Å²) in [5, 5.41) is 0. The largest absolute Gasteiger partial charge is 0.306 e. The van der Waals surface area contributed by atoms with Crippen LogP contribution in [0.4, 0.5) is 0 Å². The van der Waals surface area contributed by atoms with E-state index >= 15 is 0 Å². The summed E-state index contributed by atoms with van der Waals surface area (Å²) in [6.45, 7) is 11.8. The van der Waals surface area contributed by atoms with Gasteiger partial charge in [0.1, 0.15) is 0 Å². The number of hydrogen-bond donors (Lipinski definition) is 0. The Hall–Kier alpha value is -0.160. The summed E-state index contributed by atoms with van der Waals surface area (Å²) in [6.07, 6.45) is 5.60. The monoisotopic (exact) mass is 294 g/mol. The molecule has 0 aliphatic carbocycles. The smallest absolute Gasteiger partial charge is 0.0121 e. The van der Waals surface area contributed by atoms with Crippen LogP contribution >= 0.6 is 0 Å². The molecular weight excluding hydrogens is 260 g/mol. The maximum atomic E-state index is 2.77. The van der Waals surface area contributed by atoms with Crippen molar-refractivity contribution < 1.29 is 0 Å². The second-order valence-corrected chi connectivity index (χ2v) is 7.62. The molecule has 3 saturated heterocycles. The van der Waals surface area contributed by atoms with Crippen LogP contribution in [0.1, 0.15) is 25.7 Å². The van der Waals surface area contributed by atoms with Gasteiger partial charge in [-0.3, -0.25) is 4.90 Å². The third-order valence-corrected chi connectivity index (χ3v) is 5.95. The van der Waals surface area contributed by atoms with Gasteiger partial charge in [-0.25, -0.2) is 0 Å². The fourth-order valence-electron chi connectivity index (χ4n) is 4.34. The predicted molar refractivity (Wildman–Crippen MR) is 88.8 cm³/mol. The molecule has 3 rings (SSSR count). The lowest BCUT2D eigenvalue weighted by Gasteiger charge is -2.42. The molecule has 3 aliphatic heterocycles. The highest BCUT2D eigenvalue weighted by Crippen LogP contribution is 2.20. The molecule has 122 valence electrons. The molecule has 0 saturated carbocycles. The van der Waals surface area contributed by atoms with Crippen LogP contribution in [-0.4, -0.2) is 98.6 Å². The highest BCUT2D eigenvalue weighted by molar-refractivity contribution is 4.83. The molecule has 0 spiro atoms. The van der Waals surface area contributed by atoms with E-state index in [4.69, 9.17) is 0 Å². The van der Waals surface area contributed by atoms with Gasteiger partial charge in [-0.2, -0.15) is 0 Å². The summed E-state index contributed by atoms with van der Waals surface area (Å²) in [6, 6.07) is 0.867. The van der Waals surface area contributed by atoms with Crippen LogP contribution in [0.5, 0.6) is 0 Å². The zero-order valence-electron chi connectivity index (χ0n) is 14.1. The minimum atomic E-state index is 0.867. The van der Waals surface area contributed by atoms with Crippen molar-refractivity contribution in [3.8, 4) is 0 Å². The Labute approximate surface area is 131 Å². The lowest BCUT2D eigenvalue weighted by atomic mass is 10.0. The van der Waals surface area contributed by atoms with E-state index in [1.165, 1.54) is 84.6 Å². The van der Waals surface area contributed by atoms with Gasteiger partial charge in [0.15, 0.2) is 0 Å². The number of piperazine rings is 1. The Morgan fingerprint density at radius 1 is 0.762 bits per heavy atom. The maximum absolute atomic E-state index is 2.77. The van der Waals surface area contributed by atoms with Gasteiger partial charge >= 0.3 is 0 Å². The van der Waals surface area contributed by atoms with Gasteiger partial charge < -0.3 is 14.7 Å². The first kappa shape index (κ1) is 15.7. The minimum Gasteiger partial charge on any atom is -0.306 e. The Bertz CT molecular complexity index is 306. The normalized spacial score (nSPS) is 32.0. The first-order valence-corrected chi connectivity index (χ1v) is 9.04. The van der Waals surface area contributed by atoms with E-state index in [0.29, 0.717) is 0 Å². The Balaban J connectivity index is 1.33. The highest BCUT2D eigenvalue weighted by atomic mass is 15.3. The van der Waals surface area contributed by atoms with E-state index in [-0.39, 0.29) is 0 Å². The van der Waals surface area contributed by atoms with Gasteiger partial charge in [0.25, 0.3) is 0 Å². The molecule has 0 aromatic carbocycles. The molecule has 0 amide bonds. The van der Waals surface area contributed by atoms with Crippen LogP contribution in [0.2, 0.25) is 0 Å². The van der Waals surface area contributed by atoms with Gasteiger partial charge in [0, 0.05) is 38.8 Å². The van der Waals surface area contributed by atoms with Gasteiger partial charge in [0.2, 0.25) is 0 Å². The Kier molecular flexibility index (Phi) is 5.54. The second-order valence-electron chi connectivity index (χ2n) is 7.62. The summed E-state index contributed by atoms with van der Waals surface area (Å²) in [7, 11) is 4.52. The average Bonchev–Trinajstić information content (AvgIpc) is 2.92. The zero-order valence-corrected chi connectivity index (χ0v) is 14.1. The average molecular weight is 294 g/mol. The van der Waals surface area contributed by atoms with Crippen LogP contribution in [-0.2, 0) is 0 Å². The molecule has 0 N–H and O–H groups in total. The second kappa shape index (κ2) is 7.40. The molecule has 21 heavy (non-hydrogen) atoms. The molecule has 3 aliphatic rings. The topological polar surface area (TPSA) is 13.0 Å². The number of likely N-dealkylation sites (tertiary alicyclic amines) is 2. The lowest BCUT2D eigenvalue weighted by molar-refractivity contribution is 0.0626. The molecule has 3 heterocycles. The first-order chi connectivity index (χ1) is 10.2. The first-order valence-electron chi connectivity index (χ1n) is 9.04. The number of nitrogens with zero attached hydrogens (tertiary/aromatic N) is 4.